The van der Waals surface area contributed by atoms with E-state index in [1.54, 1.807) is 24.8 Å². The van der Waals surface area contributed by atoms with Gasteiger partial charge in [-0.25, -0.2) is 14.2 Å². The molecule has 1 aromatic heterocycles. The molecule has 0 atom stereocenters. The normalized spacial score (nSPS) is 13.7. The van der Waals surface area contributed by atoms with Crippen molar-refractivity contribution in [1.29, 1.82) is 5.26 Å². The number of aromatic nitrogens is 1. The van der Waals surface area contributed by atoms with Crippen LogP contribution in [0.4, 0.5) is 10.1 Å². The third kappa shape index (κ3) is 7.24. The van der Waals surface area contributed by atoms with Crippen LogP contribution in [0.1, 0.15) is 28.5 Å². The van der Waals surface area contributed by atoms with Gasteiger partial charge in [-0.2, -0.15) is 5.26 Å². The number of amides is 2. The van der Waals surface area contributed by atoms with E-state index >= 15 is 0 Å². The van der Waals surface area contributed by atoms with Crippen molar-refractivity contribution < 1.29 is 23.5 Å². The zero-order valence-electron chi connectivity index (χ0n) is 19.5. The van der Waals surface area contributed by atoms with Crippen molar-refractivity contribution >= 4 is 35.2 Å². The zero-order chi connectivity index (χ0) is 25.4. The molecule has 9 nitrogen and oxygen atoms in total. The molecular weight excluding hydrogens is 473 g/mol. The summed E-state index contributed by atoms with van der Waals surface area (Å²) in [6.07, 6.45) is 0. The summed E-state index contributed by atoms with van der Waals surface area (Å²) in [6.45, 7) is 5.71. The number of rotatable bonds is 8. The van der Waals surface area contributed by atoms with Crippen LogP contribution in [-0.2, 0) is 14.3 Å². The highest BCUT2D eigenvalue weighted by Gasteiger charge is 2.23. The number of esters is 1. The molecule has 184 valence electrons. The summed E-state index contributed by atoms with van der Waals surface area (Å²) in [4.78, 5) is 45.0. The van der Waals surface area contributed by atoms with Gasteiger partial charge in [0.1, 0.15) is 16.9 Å². The molecule has 1 saturated heterocycles. The maximum atomic E-state index is 13.3. The van der Waals surface area contributed by atoms with Gasteiger partial charge in [0.05, 0.1) is 35.7 Å². The molecule has 1 aliphatic heterocycles. The number of thioether (sulfide) groups is 1. The van der Waals surface area contributed by atoms with E-state index in [1.165, 1.54) is 24.3 Å². The average Bonchev–Trinajstić information content (AvgIpc) is 2.83. The Hall–Kier alpha value is -3.49. The monoisotopic (exact) mass is 499 g/mol. The predicted octanol–water partition coefficient (Wildman–Crippen LogP) is 2.45. The van der Waals surface area contributed by atoms with Gasteiger partial charge in [0.2, 0.25) is 11.8 Å². The molecule has 2 aromatic rings. The number of aryl methyl sites for hydroxylation is 1. The Balaban J connectivity index is 1.49. The minimum atomic E-state index is -0.538. The number of nitriles is 1. The van der Waals surface area contributed by atoms with Gasteiger partial charge in [0.15, 0.2) is 0 Å². The van der Waals surface area contributed by atoms with Crippen molar-refractivity contribution in [3.63, 3.8) is 0 Å². The maximum Gasteiger partial charge on any atom is 0.340 e. The lowest BCUT2D eigenvalue weighted by atomic mass is 10.1. The van der Waals surface area contributed by atoms with Gasteiger partial charge in [0.25, 0.3) is 0 Å². The largest absolute Gasteiger partial charge is 0.462 e. The Morgan fingerprint density at radius 3 is 2.63 bits per heavy atom. The zero-order valence-corrected chi connectivity index (χ0v) is 20.4. The summed E-state index contributed by atoms with van der Waals surface area (Å²) in [7, 11) is 0. The number of hydrogen-bond donors (Lipinski definition) is 1. The number of piperazine rings is 1. The summed E-state index contributed by atoms with van der Waals surface area (Å²) in [5, 5.41) is 12.5. The van der Waals surface area contributed by atoms with Gasteiger partial charge < -0.3 is 15.0 Å². The molecule has 35 heavy (non-hydrogen) atoms. The summed E-state index contributed by atoms with van der Waals surface area (Å²) in [6, 6.07) is 9.18. The van der Waals surface area contributed by atoms with Gasteiger partial charge in [0, 0.05) is 31.9 Å². The highest BCUT2D eigenvalue weighted by Crippen LogP contribution is 2.24. The smallest absolute Gasteiger partial charge is 0.340 e. The van der Waals surface area contributed by atoms with E-state index in [-0.39, 0.29) is 41.8 Å². The van der Waals surface area contributed by atoms with Crippen molar-refractivity contribution in [1.82, 2.24) is 14.8 Å². The minimum absolute atomic E-state index is 0.0972. The van der Waals surface area contributed by atoms with Crippen LogP contribution in [0.15, 0.2) is 35.4 Å². The second-order valence-electron chi connectivity index (χ2n) is 7.81. The van der Waals surface area contributed by atoms with Crippen LogP contribution in [0.5, 0.6) is 0 Å². The SMILES string of the molecule is CCOC(=O)c1cc(C#N)c(SCC(=O)N2CCN(CC(=O)Nc3cccc(F)c3)CC2)nc1C. The van der Waals surface area contributed by atoms with Gasteiger partial charge in [-0.15, -0.1) is 0 Å². The number of hydrogen-bond acceptors (Lipinski definition) is 8. The molecule has 2 heterocycles. The van der Waals surface area contributed by atoms with Crippen molar-refractivity contribution in [2.45, 2.75) is 18.9 Å². The fraction of sp³-hybridized carbons (Fsp3) is 0.375. The summed E-state index contributed by atoms with van der Waals surface area (Å²) in [5.74, 6) is -1.21. The van der Waals surface area contributed by atoms with E-state index < -0.39 is 11.8 Å². The lowest BCUT2D eigenvalue weighted by Crippen LogP contribution is -2.50. The molecule has 2 amide bonds. The number of benzene rings is 1. The second-order valence-corrected chi connectivity index (χ2v) is 8.77. The Bertz CT molecular complexity index is 1150. The number of carbonyl (C=O) groups is 3. The standard InChI is InChI=1S/C24H26FN5O4S/c1-3-34-24(33)20-11-17(13-26)23(27-16(20)2)35-15-22(32)30-9-7-29(8-10-30)14-21(31)28-19-6-4-5-18(25)12-19/h4-6,11-12H,3,7-10,14-15H2,1-2H3,(H,28,31). The number of halogens is 1. The van der Waals surface area contributed by atoms with Crippen molar-refractivity contribution in [3.8, 4) is 6.07 Å². The van der Waals surface area contributed by atoms with Crippen LogP contribution in [0.3, 0.4) is 0 Å². The molecule has 1 N–H and O–H groups in total. The third-order valence-electron chi connectivity index (χ3n) is 5.33. The fourth-order valence-electron chi connectivity index (χ4n) is 3.54. The number of ether oxygens (including phenoxy) is 1. The number of pyridine rings is 1. The van der Waals surface area contributed by atoms with Gasteiger partial charge in [-0.1, -0.05) is 17.8 Å². The third-order valence-corrected chi connectivity index (χ3v) is 6.30. The quantitative estimate of drug-likeness (QED) is 0.435. The first-order chi connectivity index (χ1) is 16.8. The van der Waals surface area contributed by atoms with Crippen LogP contribution in [0, 0.1) is 24.1 Å². The number of anilines is 1. The van der Waals surface area contributed by atoms with E-state index in [2.05, 4.69) is 10.3 Å². The van der Waals surface area contributed by atoms with E-state index in [0.29, 0.717) is 42.6 Å². The Labute approximate surface area is 207 Å². The summed E-state index contributed by atoms with van der Waals surface area (Å²) >= 11 is 1.15. The van der Waals surface area contributed by atoms with Crippen LogP contribution in [0.25, 0.3) is 0 Å². The van der Waals surface area contributed by atoms with E-state index in [9.17, 15) is 24.0 Å². The Kier molecular flexibility index (Phi) is 9.17. The highest BCUT2D eigenvalue weighted by atomic mass is 32.2. The van der Waals surface area contributed by atoms with E-state index in [1.807, 2.05) is 11.0 Å². The lowest BCUT2D eigenvalue weighted by molar-refractivity contribution is -0.130. The lowest BCUT2D eigenvalue weighted by Gasteiger charge is -2.34. The first kappa shape index (κ1) is 26.1. The number of carbonyl (C=O) groups excluding carboxylic acids is 3. The number of nitrogens with one attached hydrogen (secondary N) is 1. The molecule has 11 heteroatoms. The first-order valence-electron chi connectivity index (χ1n) is 11.1. The fourth-order valence-corrected chi connectivity index (χ4v) is 4.44. The highest BCUT2D eigenvalue weighted by molar-refractivity contribution is 8.00. The van der Waals surface area contributed by atoms with Gasteiger partial charge in [-0.05, 0) is 38.1 Å². The molecule has 0 radical (unpaired) electrons. The molecule has 1 aliphatic rings. The summed E-state index contributed by atoms with van der Waals surface area (Å²) < 4.78 is 18.3. The Morgan fingerprint density at radius 1 is 1.23 bits per heavy atom. The van der Waals surface area contributed by atoms with Gasteiger partial charge >= 0.3 is 5.97 Å². The van der Waals surface area contributed by atoms with E-state index in [0.717, 1.165) is 11.8 Å². The van der Waals surface area contributed by atoms with Crippen molar-refractivity contribution in [2.75, 3.05) is 50.4 Å². The van der Waals surface area contributed by atoms with Crippen molar-refractivity contribution in [2.24, 2.45) is 0 Å². The molecule has 0 bridgehead atoms. The van der Waals surface area contributed by atoms with Crippen LogP contribution < -0.4 is 5.32 Å². The average molecular weight is 500 g/mol. The minimum Gasteiger partial charge on any atom is -0.462 e. The van der Waals surface area contributed by atoms with Crippen molar-refractivity contribution in [3.05, 3.63) is 53.0 Å². The molecule has 0 unspecified atom stereocenters. The molecule has 3 rings (SSSR count). The number of nitrogens with zero attached hydrogens (tertiary/aromatic N) is 4. The topological polar surface area (TPSA) is 116 Å². The Morgan fingerprint density at radius 2 is 1.97 bits per heavy atom. The van der Waals surface area contributed by atoms with Crippen LogP contribution >= 0.6 is 11.8 Å². The molecule has 0 spiro atoms. The maximum absolute atomic E-state index is 13.3. The summed E-state index contributed by atoms with van der Waals surface area (Å²) in [5.41, 5.74) is 1.28. The van der Waals surface area contributed by atoms with Crippen LogP contribution in [-0.4, -0.2) is 77.7 Å². The molecule has 1 fully saturated rings. The van der Waals surface area contributed by atoms with Gasteiger partial charge in [-0.3, -0.25) is 14.5 Å². The second kappa shape index (κ2) is 12.3. The van der Waals surface area contributed by atoms with Crippen LogP contribution in [0.2, 0.25) is 0 Å². The molecule has 0 saturated carbocycles. The van der Waals surface area contributed by atoms with E-state index in [4.69, 9.17) is 4.74 Å². The molecule has 0 aliphatic carbocycles. The molecular formula is C24H26FN5O4S. The molecule has 1 aromatic carbocycles. The predicted molar refractivity (Wildman–Crippen MR) is 128 cm³/mol. The first-order valence-corrected chi connectivity index (χ1v) is 12.1.